The van der Waals surface area contributed by atoms with Crippen molar-refractivity contribution in [2.45, 2.75) is 37.2 Å². The number of esters is 1. The van der Waals surface area contributed by atoms with E-state index < -0.39 is 17.9 Å². The van der Waals surface area contributed by atoms with Crippen LogP contribution in [0.5, 0.6) is 0 Å². The Kier molecular flexibility index (Phi) is 2.04. The fourth-order valence-corrected chi connectivity index (χ4v) is 2.00. The van der Waals surface area contributed by atoms with Crippen LogP contribution in [-0.4, -0.2) is 29.7 Å². The van der Waals surface area contributed by atoms with Crippen LogP contribution in [0.1, 0.15) is 19.3 Å². The Bertz CT molecular complexity index is 320. The number of hydrogen-bond donors (Lipinski definition) is 1. The molecule has 0 aromatic carbocycles. The van der Waals surface area contributed by atoms with Gasteiger partial charge >= 0.3 is 12.1 Å². The number of rotatable bonds is 1. The number of Topliss-reactive ketones (excluding diaryl/α,β-unsaturated/α-hetero) is 1. The molecule has 7 heteroatoms. The van der Waals surface area contributed by atoms with Gasteiger partial charge in [-0.25, -0.2) is 4.79 Å². The maximum Gasteiger partial charge on any atom is 0.490 e. The molecule has 1 N–H and O–H groups in total. The number of nitrogens with one attached hydrogen (secondary N) is 1. The highest BCUT2D eigenvalue weighted by Gasteiger charge is 2.56. The number of ether oxygens (including phenoxy) is 1. The van der Waals surface area contributed by atoms with Crippen LogP contribution < -0.4 is 5.32 Å². The number of ketones is 1. The molecule has 3 fully saturated rings. The third-order valence-corrected chi connectivity index (χ3v) is 2.52. The lowest BCUT2D eigenvalue weighted by Gasteiger charge is -2.51. The molecule has 2 unspecified atom stereocenters. The second-order valence-corrected chi connectivity index (χ2v) is 3.85. The van der Waals surface area contributed by atoms with E-state index in [1.165, 1.54) is 0 Å². The third-order valence-electron chi connectivity index (χ3n) is 2.52. The summed E-state index contributed by atoms with van der Waals surface area (Å²) in [5.74, 6) is -2.43. The smallest absolute Gasteiger partial charge is 0.437 e. The summed E-state index contributed by atoms with van der Waals surface area (Å²) < 4.78 is 40.0. The van der Waals surface area contributed by atoms with Crippen molar-refractivity contribution in [1.29, 1.82) is 0 Å². The van der Waals surface area contributed by atoms with E-state index in [0.29, 0.717) is 6.42 Å². The molecule has 1 saturated carbocycles. The van der Waals surface area contributed by atoms with E-state index >= 15 is 0 Å². The SMILES string of the molecule is O=C1CC2CC(OC(=O)C(F)(F)F)(C1)N2. The molecule has 2 saturated heterocycles. The van der Waals surface area contributed by atoms with Gasteiger partial charge in [0.25, 0.3) is 0 Å². The predicted octanol–water partition coefficient (Wildman–Crippen LogP) is 0.513. The van der Waals surface area contributed by atoms with Crippen molar-refractivity contribution in [1.82, 2.24) is 5.32 Å². The molecule has 0 aromatic rings. The lowest BCUT2D eigenvalue weighted by Crippen LogP contribution is -2.70. The van der Waals surface area contributed by atoms with Crippen molar-refractivity contribution in [2.24, 2.45) is 0 Å². The Hall–Kier alpha value is -1.11. The first-order valence-corrected chi connectivity index (χ1v) is 4.40. The first-order valence-electron chi connectivity index (χ1n) is 4.40. The fraction of sp³-hybridized carbons (Fsp3) is 0.750. The minimum absolute atomic E-state index is 0.146. The molecule has 0 amide bonds. The molecule has 1 aliphatic carbocycles. The van der Waals surface area contributed by atoms with E-state index in [9.17, 15) is 22.8 Å². The van der Waals surface area contributed by atoms with Gasteiger partial charge in [0.15, 0.2) is 5.72 Å². The molecule has 0 spiro atoms. The Morgan fingerprint density at radius 1 is 1.53 bits per heavy atom. The Morgan fingerprint density at radius 3 is 2.60 bits per heavy atom. The van der Waals surface area contributed by atoms with Crippen LogP contribution in [0.2, 0.25) is 0 Å². The molecule has 3 aliphatic rings. The monoisotopic (exact) mass is 223 g/mol. The van der Waals surface area contributed by atoms with E-state index in [-0.39, 0.29) is 24.7 Å². The highest BCUT2D eigenvalue weighted by Crippen LogP contribution is 2.38. The molecule has 0 radical (unpaired) electrons. The maximum atomic E-state index is 11.9. The van der Waals surface area contributed by atoms with Crippen LogP contribution in [0.4, 0.5) is 13.2 Å². The third kappa shape index (κ3) is 1.83. The molecule has 15 heavy (non-hydrogen) atoms. The van der Waals surface area contributed by atoms with Gasteiger partial charge < -0.3 is 4.74 Å². The van der Waals surface area contributed by atoms with Gasteiger partial charge in [-0.3, -0.25) is 10.1 Å². The van der Waals surface area contributed by atoms with Gasteiger partial charge in [-0.15, -0.1) is 0 Å². The summed E-state index contributed by atoms with van der Waals surface area (Å²) in [5, 5.41) is 2.66. The van der Waals surface area contributed by atoms with Crippen LogP contribution in [0.25, 0.3) is 0 Å². The highest BCUT2D eigenvalue weighted by molar-refractivity contribution is 5.83. The number of piperidine rings is 1. The summed E-state index contributed by atoms with van der Waals surface area (Å²) in [4.78, 5) is 21.6. The van der Waals surface area contributed by atoms with E-state index in [4.69, 9.17) is 0 Å². The van der Waals surface area contributed by atoms with Crippen LogP contribution in [0, 0.1) is 0 Å². The van der Waals surface area contributed by atoms with Gasteiger partial charge in [0, 0.05) is 18.9 Å². The van der Waals surface area contributed by atoms with Crippen LogP contribution in [0.3, 0.4) is 0 Å². The topological polar surface area (TPSA) is 55.4 Å². The molecule has 84 valence electrons. The van der Waals surface area contributed by atoms with Gasteiger partial charge in [0.1, 0.15) is 5.78 Å². The van der Waals surface area contributed by atoms with Crippen molar-refractivity contribution in [2.75, 3.05) is 0 Å². The average molecular weight is 223 g/mol. The minimum atomic E-state index is -5.01. The van der Waals surface area contributed by atoms with E-state index in [1.807, 2.05) is 0 Å². The molecule has 0 aromatic heterocycles. The number of carbonyl (C=O) groups is 2. The number of alkyl halides is 3. The van der Waals surface area contributed by atoms with Crippen molar-refractivity contribution in [3.05, 3.63) is 0 Å². The van der Waals surface area contributed by atoms with Crippen LogP contribution in [0.15, 0.2) is 0 Å². The van der Waals surface area contributed by atoms with Crippen molar-refractivity contribution < 1.29 is 27.5 Å². The Labute approximate surface area is 82.8 Å². The number of fused-ring (bicyclic) bond motifs is 2. The number of hydrogen-bond acceptors (Lipinski definition) is 4. The molecule has 2 bridgehead atoms. The molecule has 2 heterocycles. The zero-order valence-corrected chi connectivity index (χ0v) is 7.56. The highest BCUT2D eigenvalue weighted by atomic mass is 19.4. The van der Waals surface area contributed by atoms with Gasteiger partial charge in [-0.05, 0) is 0 Å². The zero-order chi connectivity index (χ0) is 11.3. The van der Waals surface area contributed by atoms with Gasteiger partial charge in [0.05, 0.1) is 6.42 Å². The largest absolute Gasteiger partial charge is 0.490 e. The molecule has 2 atom stereocenters. The van der Waals surface area contributed by atoms with Gasteiger partial charge in [-0.2, -0.15) is 13.2 Å². The van der Waals surface area contributed by atoms with Gasteiger partial charge in [-0.1, -0.05) is 0 Å². The summed E-state index contributed by atoms with van der Waals surface area (Å²) >= 11 is 0. The standard InChI is InChI=1S/C8H8F3NO3/c9-8(10,11)6(14)15-7-2-4(12-7)1-5(13)3-7/h4,12H,1-3H2. The lowest BCUT2D eigenvalue weighted by molar-refractivity contribution is -0.232. The van der Waals surface area contributed by atoms with Crippen molar-refractivity contribution in [3.8, 4) is 0 Å². The minimum Gasteiger partial charge on any atom is -0.437 e. The summed E-state index contributed by atoms with van der Waals surface area (Å²) in [6.45, 7) is 0. The summed E-state index contributed by atoms with van der Waals surface area (Å²) in [6, 6.07) is -0.146. The van der Waals surface area contributed by atoms with Crippen molar-refractivity contribution in [3.63, 3.8) is 0 Å². The van der Waals surface area contributed by atoms with Gasteiger partial charge in [0.2, 0.25) is 0 Å². The molecule has 2 aliphatic heterocycles. The average Bonchev–Trinajstić information content (AvgIpc) is 1.98. The van der Waals surface area contributed by atoms with E-state index in [1.54, 1.807) is 0 Å². The quantitative estimate of drug-likeness (QED) is 0.658. The van der Waals surface area contributed by atoms with E-state index in [2.05, 4.69) is 10.1 Å². The fourth-order valence-electron chi connectivity index (χ4n) is 2.00. The Balaban J connectivity index is 2.01. The zero-order valence-electron chi connectivity index (χ0n) is 7.56. The van der Waals surface area contributed by atoms with E-state index in [0.717, 1.165) is 0 Å². The summed E-state index contributed by atoms with van der Waals surface area (Å²) in [5.41, 5.74) is -1.40. The first-order chi connectivity index (χ1) is 6.81. The molecule has 4 nitrogen and oxygen atoms in total. The Morgan fingerprint density at radius 2 is 2.13 bits per heavy atom. The molecular formula is C8H8F3NO3. The predicted molar refractivity (Wildman–Crippen MR) is 40.7 cm³/mol. The maximum absolute atomic E-state index is 11.9. The summed E-state index contributed by atoms with van der Waals surface area (Å²) in [6.07, 6.45) is -4.61. The number of halogens is 3. The number of carbonyl (C=O) groups excluding carboxylic acids is 2. The second-order valence-electron chi connectivity index (χ2n) is 3.85. The van der Waals surface area contributed by atoms with Crippen molar-refractivity contribution >= 4 is 11.8 Å². The normalized spacial score (nSPS) is 34.6. The molecular weight excluding hydrogens is 215 g/mol. The summed E-state index contributed by atoms with van der Waals surface area (Å²) in [7, 11) is 0. The van der Waals surface area contributed by atoms with Crippen LogP contribution >= 0.6 is 0 Å². The van der Waals surface area contributed by atoms with Crippen LogP contribution in [-0.2, 0) is 14.3 Å². The second kappa shape index (κ2) is 2.94. The first kappa shape index (κ1) is 10.4. The lowest BCUT2D eigenvalue weighted by atomic mass is 9.78. The molecule has 3 rings (SSSR count).